The highest BCUT2D eigenvalue weighted by Crippen LogP contribution is 2.29. The van der Waals surface area contributed by atoms with Gasteiger partial charge in [0.15, 0.2) is 5.96 Å². The summed E-state index contributed by atoms with van der Waals surface area (Å²) in [7, 11) is 1.57. The van der Waals surface area contributed by atoms with Crippen LogP contribution in [-0.2, 0) is 19.3 Å². The van der Waals surface area contributed by atoms with Crippen molar-refractivity contribution in [1.82, 2.24) is 15.8 Å². The lowest BCUT2D eigenvalue weighted by molar-refractivity contribution is -0.137. The number of guanidine groups is 1. The van der Waals surface area contributed by atoms with E-state index in [2.05, 4.69) is 20.8 Å². The third-order valence-corrected chi connectivity index (χ3v) is 2.87. The third kappa shape index (κ3) is 4.51. The Kier molecular flexibility index (Phi) is 5.03. The van der Waals surface area contributed by atoms with Crippen LogP contribution in [0.1, 0.15) is 16.8 Å². The molecule has 0 bridgehead atoms. The molecule has 0 amide bonds. The van der Waals surface area contributed by atoms with Gasteiger partial charge in [0.1, 0.15) is 12.0 Å². The molecule has 2 rings (SSSR count). The predicted octanol–water partition coefficient (Wildman–Crippen LogP) is 2.56. The molecule has 2 N–H and O–H groups in total. The van der Waals surface area contributed by atoms with Crippen LogP contribution < -0.4 is 10.6 Å². The van der Waals surface area contributed by atoms with Gasteiger partial charge in [0.05, 0.1) is 12.1 Å². The zero-order valence-corrected chi connectivity index (χ0v) is 11.8. The highest BCUT2D eigenvalue weighted by atomic mass is 19.4. The lowest BCUT2D eigenvalue weighted by Gasteiger charge is -2.12. The van der Waals surface area contributed by atoms with Crippen LogP contribution in [0.2, 0.25) is 0 Å². The van der Waals surface area contributed by atoms with Crippen LogP contribution in [0.4, 0.5) is 13.2 Å². The molecule has 5 nitrogen and oxygen atoms in total. The highest BCUT2D eigenvalue weighted by Gasteiger charge is 2.30. The average molecular weight is 312 g/mol. The summed E-state index contributed by atoms with van der Waals surface area (Å²) < 4.78 is 42.6. The fourth-order valence-electron chi connectivity index (χ4n) is 1.77. The summed E-state index contributed by atoms with van der Waals surface area (Å²) in [5, 5.41) is 9.66. The van der Waals surface area contributed by atoms with Crippen molar-refractivity contribution in [2.45, 2.75) is 19.3 Å². The Bertz CT molecular complexity index is 623. The van der Waals surface area contributed by atoms with Crippen LogP contribution in [-0.4, -0.2) is 18.2 Å². The number of nitrogens with zero attached hydrogens (tertiary/aromatic N) is 2. The van der Waals surface area contributed by atoms with Crippen molar-refractivity contribution in [3.63, 3.8) is 0 Å². The maximum absolute atomic E-state index is 12.6. The van der Waals surface area contributed by atoms with Crippen molar-refractivity contribution in [2.75, 3.05) is 7.05 Å². The van der Waals surface area contributed by atoms with E-state index in [4.69, 9.17) is 4.52 Å². The van der Waals surface area contributed by atoms with Gasteiger partial charge < -0.3 is 15.2 Å². The molecule has 1 aromatic heterocycles. The van der Waals surface area contributed by atoms with E-state index in [0.717, 1.165) is 12.1 Å². The van der Waals surface area contributed by atoms with Gasteiger partial charge >= 0.3 is 6.18 Å². The Morgan fingerprint density at radius 1 is 1.23 bits per heavy atom. The van der Waals surface area contributed by atoms with Gasteiger partial charge in [-0.15, -0.1) is 0 Å². The van der Waals surface area contributed by atoms with Crippen LogP contribution in [0.15, 0.2) is 46.1 Å². The quantitative estimate of drug-likeness (QED) is 0.673. The lowest BCUT2D eigenvalue weighted by Crippen LogP contribution is -2.36. The van der Waals surface area contributed by atoms with Gasteiger partial charge in [-0.25, -0.2) is 0 Å². The van der Waals surface area contributed by atoms with Crippen molar-refractivity contribution >= 4 is 5.96 Å². The highest BCUT2D eigenvalue weighted by molar-refractivity contribution is 5.79. The van der Waals surface area contributed by atoms with E-state index in [1.807, 2.05) is 0 Å². The van der Waals surface area contributed by atoms with Gasteiger partial charge in [0.25, 0.3) is 0 Å². The van der Waals surface area contributed by atoms with E-state index in [0.29, 0.717) is 23.8 Å². The number of nitrogens with one attached hydrogen (secondary N) is 2. The number of rotatable bonds is 4. The molecule has 118 valence electrons. The van der Waals surface area contributed by atoms with E-state index in [9.17, 15) is 13.2 Å². The molecule has 0 aliphatic carbocycles. The number of alkyl halides is 3. The summed E-state index contributed by atoms with van der Waals surface area (Å²) in [5.41, 5.74) is 0.540. The molecule has 0 spiro atoms. The largest absolute Gasteiger partial charge is 0.416 e. The number of hydrogen-bond acceptors (Lipinski definition) is 3. The molecule has 8 heteroatoms. The Balaban J connectivity index is 1.90. The fraction of sp³-hybridized carbons (Fsp3) is 0.286. The first kappa shape index (κ1) is 15.9. The zero-order valence-electron chi connectivity index (χ0n) is 11.8. The number of benzene rings is 1. The minimum absolute atomic E-state index is 0.225. The van der Waals surface area contributed by atoms with Crippen LogP contribution in [0.3, 0.4) is 0 Å². The van der Waals surface area contributed by atoms with Gasteiger partial charge in [0, 0.05) is 19.7 Å². The van der Waals surface area contributed by atoms with Crippen molar-refractivity contribution in [3.8, 4) is 0 Å². The van der Waals surface area contributed by atoms with E-state index in [-0.39, 0.29) is 6.54 Å². The first-order chi connectivity index (χ1) is 10.5. The second-order valence-corrected chi connectivity index (χ2v) is 4.47. The van der Waals surface area contributed by atoms with Gasteiger partial charge in [-0.3, -0.25) is 4.99 Å². The van der Waals surface area contributed by atoms with Crippen LogP contribution >= 0.6 is 0 Å². The molecular weight excluding hydrogens is 297 g/mol. The monoisotopic (exact) mass is 312 g/mol. The summed E-state index contributed by atoms with van der Waals surface area (Å²) in [6.45, 7) is 0.626. The molecule has 0 radical (unpaired) electrons. The molecule has 0 aliphatic heterocycles. The van der Waals surface area contributed by atoms with Crippen molar-refractivity contribution < 1.29 is 17.7 Å². The van der Waals surface area contributed by atoms with E-state index in [1.165, 1.54) is 12.3 Å². The molecule has 0 unspecified atom stereocenters. The van der Waals surface area contributed by atoms with Crippen molar-refractivity contribution in [1.29, 1.82) is 0 Å². The molecule has 0 saturated heterocycles. The molecule has 0 atom stereocenters. The number of hydrogen-bond donors (Lipinski definition) is 2. The number of aromatic nitrogens is 1. The van der Waals surface area contributed by atoms with Crippen LogP contribution in [0, 0.1) is 0 Å². The van der Waals surface area contributed by atoms with Crippen LogP contribution in [0.25, 0.3) is 0 Å². The standard InChI is InChI=1S/C14H15F3N4O/c1-18-13(20-9-12-5-6-22-21-12)19-8-10-3-2-4-11(7-10)14(15,16)17/h2-7H,8-9H2,1H3,(H2,18,19,20). The lowest BCUT2D eigenvalue weighted by atomic mass is 10.1. The molecule has 0 saturated carbocycles. The Morgan fingerprint density at radius 2 is 2.00 bits per heavy atom. The summed E-state index contributed by atoms with van der Waals surface area (Å²) in [4.78, 5) is 3.99. The Labute approximate surface area is 125 Å². The van der Waals surface area contributed by atoms with E-state index < -0.39 is 11.7 Å². The van der Waals surface area contributed by atoms with Crippen molar-refractivity contribution in [3.05, 3.63) is 53.4 Å². The SMILES string of the molecule is CN=C(NCc1cccc(C(F)(F)F)c1)NCc1ccon1. The normalized spacial score (nSPS) is 12.3. The molecule has 0 fully saturated rings. The van der Waals surface area contributed by atoms with E-state index in [1.54, 1.807) is 19.2 Å². The third-order valence-electron chi connectivity index (χ3n) is 2.87. The molecule has 1 heterocycles. The van der Waals surface area contributed by atoms with Gasteiger partial charge in [-0.2, -0.15) is 13.2 Å². The summed E-state index contributed by atoms with van der Waals surface area (Å²) >= 11 is 0. The molecule has 0 aliphatic rings. The number of halogens is 3. The molecule has 2 aromatic rings. The second-order valence-electron chi connectivity index (χ2n) is 4.47. The predicted molar refractivity (Wildman–Crippen MR) is 75.0 cm³/mol. The second kappa shape index (κ2) is 6.97. The molecule has 1 aromatic carbocycles. The summed E-state index contributed by atoms with van der Waals surface area (Å²) in [6, 6.07) is 6.85. The molecular formula is C14H15F3N4O. The van der Waals surface area contributed by atoms with E-state index >= 15 is 0 Å². The fourth-order valence-corrected chi connectivity index (χ4v) is 1.77. The Hall–Kier alpha value is -2.51. The van der Waals surface area contributed by atoms with Crippen molar-refractivity contribution in [2.24, 2.45) is 4.99 Å². The maximum atomic E-state index is 12.6. The minimum Gasteiger partial charge on any atom is -0.364 e. The smallest absolute Gasteiger partial charge is 0.364 e. The van der Waals surface area contributed by atoms with Gasteiger partial charge in [-0.05, 0) is 17.7 Å². The van der Waals surface area contributed by atoms with Crippen LogP contribution in [0.5, 0.6) is 0 Å². The summed E-state index contributed by atoms with van der Waals surface area (Å²) in [5.74, 6) is 0.459. The van der Waals surface area contributed by atoms with Gasteiger partial charge in [0.2, 0.25) is 0 Å². The minimum atomic E-state index is -4.34. The average Bonchev–Trinajstić information content (AvgIpc) is 3.00. The summed E-state index contributed by atoms with van der Waals surface area (Å²) in [6.07, 6.45) is -2.89. The first-order valence-electron chi connectivity index (χ1n) is 6.49. The topological polar surface area (TPSA) is 62.5 Å². The zero-order chi connectivity index (χ0) is 16.0. The Morgan fingerprint density at radius 3 is 2.64 bits per heavy atom. The first-order valence-corrected chi connectivity index (χ1v) is 6.49. The number of aliphatic imine (C=N–C) groups is 1. The van der Waals surface area contributed by atoms with Gasteiger partial charge in [-0.1, -0.05) is 17.3 Å². The molecule has 22 heavy (non-hydrogen) atoms. The maximum Gasteiger partial charge on any atom is 0.416 e.